The molecular weight excluding hydrogens is 363 g/mol. The average molecular weight is 393 g/mol. The monoisotopic (exact) mass is 393 g/mol. The van der Waals surface area contributed by atoms with Gasteiger partial charge in [-0.25, -0.2) is 14.0 Å². The van der Waals surface area contributed by atoms with Crippen molar-refractivity contribution in [1.29, 1.82) is 0 Å². The normalized spacial score (nSPS) is 38.2. The first kappa shape index (κ1) is 18.4. The highest BCUT2D eigenvalue weighted by Crippen LogP contribution is 2.75. The van der Waals surface area contributed by atoms with Crippen molar-refractivity contribution in [2.45, 2.75) is 57.8 Å². The van der Waals surface area contributed by atoms with Crippen molar-refractivity contribution in [1.82, 2.24) is 14.0 Å². The third-order valence-electron chi connectivity index (χ3n) is 5.11. The first-order valence-electron chi connectivity index (χ1n) is 9.59. The predicted molar refractivity (Wildman–Crippen MR) is 100 cm³/mol. The summed E-state index contributed by atoms with van der Waals surface area (Å²) in [6.45, 7) is 6.74. The molecule has 0 aromatic carbocycles. The molecule has 4 fully saturated rings. The Morgan fingerprint density at radius 3 is 0.875 bits per heavy atom. The van der Waals surface area contributed by atoms with Crippen LogP contribution >= 0.6 is 25.6 Å². The highest BCUT2D eigenvalue weighted by Gasteiger charge is 2.43. The van der Waals surface area contributed by atoms with Crippen molar-refractivity contribution in [3.8, 4) is 0 Å². The average Bonchev–Trinajstić information content (AvgIpc) is 2.70. The first-order valence-corrected chi connectivity index (χ1v) is 13.0. The van der Waals surface area contributed by atoms with Gasteiger partial charge < -0.3 is 0 Å². The van der Waals surface area contributed by atoms with Crippen LogP contribution in [0.2, 0.25) is 0 Å². The Labute approximate surface area is 150 Å². The van der Waals surface area contributed by atoms with Gasteiger partial charge in [0.2, 0.25) is 0 Å². The van der Waals surface area contributed by atoms with Gasteiger partial charge >= 0.3 is 0 Å². The van der Waals surface area contributed by atoms with Crippen LogP contribution in [0, 0.1) is 0 Å². The quantitative estimate of drug-likeness (QED) is 0.615. The molecule has 24 heavy (non-hydrogen) atoms. The van der Waals surface area contributed by atoms with Gasteiger partial charge in [0, 0.05) is 39.3 Å². The molecule has 0 saturated carbocycles. The Morgan fingerprint density at radius 1 is 0.375 bits per heavy atom. The van der Waals surface area contributed by atoms with E-state index in [4.69, 9.17) is 12.9 Å². The molecule has 0 amide bonds. The minimum Gasteiger partial charge on any atom is -0.257 e. The SMILES string of the molecule is C1CCN(P2OP(N3CCCCC3)OP(N3CCCCC3)O2)CC1. The Morgan fingerprint density at radius 2 is 0.625 bits per heavy atom. The standard InChI is InChI=1S/C15H30N3O3P3/c1-4-10-16(11-5-1)22-19-23(17-12-6-2-7-13-17)21-24(20-22)18-14-8-3-9-15-18/h1-15H2. The van der Waals surface area contributed by atoms with E-state index in [0.717, 1.165) is 39.3 Å². The van der Waals surface area contributed by atoms with Crippen molar-refractivity contribution in [2.75, 3.05) is 39.3 Å². The van der Waals surface area contributed by atoms with Gasteiger partial charge in [0.05, 0.1) is 0 Å². The highest BCUT2D eigenvalue weighted by atomic mass is 31.3. The van der Waals surface area contributed by atoms with Crippen molar-refractivity contribution in [2.24, 2.45) is 0 Å². The van der Waals surface area contributed by atoms with Crippen LogP contribution in [0.25, 0.3) is 0 Å². The van der Waals surface area contributed by atoms with Crippen molar-refractivity contribution in [3.63, 3.8) is 0 Å². The molecule has 4 heterocycles. The fraction of sp³-hybridized carbons (Fsp3) is 1.00. The van der Waals surface area contributed by atoms with Gasteiger partial charge in [-0.3, -0.25) is 12.9 Å². The first-order chi connectivity index (χ1) is 11.9. The molecule has 4 rings (SSSR count). The zero-order chi connectivity index (χ0) is 16.2. The molecule has 0 N–H and O–H groups in total. The van der Waals surface area contributed by atoms with Crippen LogP contribution in [0.15, 0.2) is 0 Å². The summed E-state index contributed by atoms with van der Waals surface area (Å²) in [5, 5.41) is 0. The Kier molecular flexibility index (Phi) is 7.14. The van der Waals surface area contributed by atoms with Gasteiger partial charge in [-0.15, -0.1) is 0 Å². The molecule has 4 aliphatic rings. The number of hydrogen-bond donors (Lipinski definition) is 0. The summed E-state index contributed by atoms with van der Waals surface area (Å²) in [4.78, 5) is 0. The minimum atomic E-state index is -0.936. The van der Waals surface area contributed by atoms with Gasteiger partial charge in [0.15, 0.2) is 0 Å². The third kappa shape index (κ3) is 4.66. The van der Waals surface area contributed by atoms with Crippen LogP contribution in [0.4, 0.5) is 0 Å². The fourth-order valence-electron chi connectivity index (χ4n) is 3.66. The van der Waals surface area contributed by atoms with E-state index in [-0.39, 0.29) is 0 Å². The third-order valence-corrected chi connectivity index (χ3v) is 11.0. The molecule has 4 aliphatic heterocycles. The molecule has 9 heteroatoms. The maximum Gasteiger partial charge on any atom is 0.271 e. The van der Waals surface area contributed by atoms with Crippen LogP contribution in [-0.4, -0.2) is 53.3 Å². The number of hydrogen-bond acceptors (Lipinski definition) is 6. The molecule has 4 saturated heterocycles. The van der Waals surface area contributed by atoms with Crippen molar-refractivity contribution < 1.29 is 12.9 Å². The summed E-state index contributed by atoms with van der Waals surface area (Å²) in [7, 11) is -2.81. The number of rotatable bonds is 3. The Hall–Kier alpha value is 1.05. The summed E-state index contributed by atoms with van der Waals surface area (Å²) in [5.74, 6) is 0. The molecule has 138 valence electrons. The predicted octanol–water partition coefficient (Wildman–Crippen LogP) is 5.19. The van der Waals surface area contributed by atoms with Gasteiger partial charge in [-0.2, -0.15) is 0 Å². The summed E-state index contributed by atoms with van der Waals surface area (Å²) in [6, 6.07) is 0. The van der Waals surface area contributed by atoms with Crippen LogP contribution < -0.4 is 0 Å². The van der Waals surface area contributed by atoms with E-state index >= 15 is 0 Å². The lowest BCUT2D eigenvalue weighted by Gasteiger charge is -2.45. The minimum absolute atomic E-state index is 0.936. The molecule has 0 radical (unpaired) electrons. The van der Waals surface area contributed by atoms with E-state index in [1.807, 2.05) is 0 Å². The number of nitrogens with zero attached hydrogens (tertiary/aromatic N) is 3. The zero-order valence-electron chi connectivity index (χ0n) is 14.5. The lowest BCUT2D eigenvalue weighted by atomic mass is 10.2. The van der Waals surface area contributed by atoms with Crippen LogP contribution in [-0.2, 0) is 12.9 Å². The molecular formula is C15H30N3O3P3. The van der Waals surface area contributed by atoms with Crippen molar-refractivity contribution >= 4 is 25.6 Å². The van der Waals surface area contributed by atoms with E-state index in [1.54, 1.807) is 0 Å². The second kappa shape index (κ2) is 9.31. The Bertz CT molecular complexity index is 328. The number of piperidine rings is 3. The summed E-state index contributed by atoms with van der Waals surface area (Å²) < 4.78 is 26.6. The van der Waals surface area contributed by atoms with E-state index in [9.17, 15) is 0 Å². The Balaban J connectivity index is 1.44. The van der Waals surface area contributed by atoms with Crippen LogP contribution in [0.3, 0.4) is 0 Å². The van der Waals surface area contributed by atoms with E-state index in [2.05, 4.69) is 14.0 Å². The highest BCUT2D eigenvalue weighted by molar-refractivity contribution is 7.71. The fourth-order valence-corrected chi connectivity index (χ4v) is 10.6. The van der Waals surface area contributed by atoms with Crippen LogP contribution in [0.1, 0.15) is 57.8 Å². The second-order valence-electron chi connectivity index (χ2n) is 7.00. The van der Waals surface area contributed by atoms with Gasteiger partial charge in [-0.05, 0) is 38.5 Å². The van der Waals surface area contributed by atoms with Crippen molar-refractivity contribution in [3.05, 3.63) is 0 Å². The van der Waals surface area contributed by atoms with Gasteiger partial charge in [0.1, 0.15) is 0 Å². The van der Waals surface area contributed by atoms with Gasteiger partial charge in [0.25, 0.3) is 25.6 Å². The van der Waals surface area contributed by atoms with E-state index < -0.39 is 25.6 Å². The molecule has 0 unspecified atom stereocenters. The maximum absolute atomic E-state index is 6.41. The smallest absolute Gasteiger partial charge is 0.257 e. The van der Waals surface area contributed by atoms with Crippen LogP contribution in [0.5, 0.6) is 0 Å². The topological polar surface area (TPSA) is 37.4 Å². The largest absolute Gasteiger partial charge is 0.271 e. The second-order valence-corrected chi connectivity index (χ2v) is 12.1. The lowest BCUT2D eigenvalue weighted by molar-refractivity contribution is 0.233. The molecule has 0 aliphatic carbocycles. The molecule has 6 nitrogen and oxygen atoms in total. The summed E-state index contributed by atoms with van der Waals surface area (Å²) in [6.07, 6.45) is 11.7. The lowest BCUT2D eigenvalue weighted by Crippen LogP contribution is -2.33. The van der Waals surface area contributed by atoms with E-state index in [1.165, 1.54) is 57.8 Å². The molecule has 0 spiro atoms. The zero-order valence-corrected chi connectivity index (χ0v) is 17.2. The van der Waals surface area contributed by atoms with E-state index in [0.29, 0.717) is 0 Å². The summed E-state index contributed by atoms with van der Waals surface area (Å²) in [5.41, 5.74) is 0. The molecule has 0 atom stereocenters. The maximum atomic E-state index is 6.41. The molecule has 0 bridgehead atoms. The summed E-state index contributed by atoms with van der Waals surface area (Å²) >= 11 is 0. The molecule has 0 aromatic rings. The molecule has 0 aromatic heterocycles. The van der Waals surface area contributed by atoms with Gasteiger partial charge in [-0.1, -0.05) is 19.3 Å².